The molecule has 1 aromatic heterocycles. The van der Waals surface area contributed by atoms with Crippen LogP contribution in [0.25, 0.3) is 11.4 Å². The first kappa shape index (κ1) is 21.2. The first-order valence-corrected chi connectivity index (χ1v) is 10.5. The fraction of sp³-hybridized carbons (Fsp3) is 0.167. The summed E-state index contributed by atoms with van der Waals surface area (Å²) in [6.07, 6.45) is 0.646. The van der Waals surface area contributed by atoms with Gasteiger partial charge in [0, 0.05) is 23.6 Å². The molecule has 0 aliphatic rings. The summed E-state index contributed by atoms with van der Waals surface area (Å²) in [7, 11) is 3.28. The predicted octanol–water partition coefficient (Wildman–Crippen LogP) is 5.91. The molecular formula is C24H21Cl2N3O2. The summed E-state index contributed by atoms with van der Waals surface area (Å²) in [4.78, 5) is 0. The van der Waals surface area contributed by atoms with Gasteiger partial charge in [0.05, 0.1) is 30.8 Å². The van der Waals surface area contributed by atoms with Gasteiger partial charge in [0.15, 0.2) is 5.82 Å². The Balaban J connectivity index is 1.79. The van der Waals surface area contributed by atoms with Crippen LogP contribution in [-0.4, -0.2) is 29.0 Å². The number of methoxy groups -OCH3 is 2. The monoisotopic (exact) mass is 453 g/mol. The highest BCUT2D eigenvalue weighted by Crippen LogP contribution is 2.31. The second-order valence-electron chi connectivity index (χ2n) is 7.00. The molecule has 4 aromatic rings. The lowest BCUT2D eigenvalue weighted by Gasteiger charge is -2.15. The summed E-state index contributed by atoms with van der Waals surface area (Å²) in [5, 5.41) is 9.95. The highest BCUT2D eigenvalue weighted by atomic mass is 35.5. The number of nitrogens with zero attached hydrogens (tertiary/aromatic N) is 3. The van der Waals surface area contributed by atoms with Crippen molar-refractivity contribution < 1.29 is 9.47 Å². The maximum absolute atomic E-state index is 6.27. The Bertz CT molecular complexity index is 1190. The van der Waals surface area contributed by atoms with Crippen molar-refractivity contribution in [2.24, 2.45) is 0 Å². The fourth-order valence-electron chi connectivity index (χ4n) is 3.41. The number of benzene rings is 3. The SMILES string of the molecule is COc1ccc(Cn2c(Cc3ccccc3)nnc2-c2ccc(Cl)c(Cl)c2)c(OC)c1. The Kier molecular flexibility index (Phi) is 6.44. The minimum Gasteiger partial charge on any atom is -0.497 e. The Morgan fingerprint density at radius 2 is 1.65 bits per heavy atom. The highest BCUT2D eigenvalue weighted by Gasteiger charge is 2.17. The van der Waals surface area contributed by atoms with Crippen molar-refractivity contribution in [2.45, 2.75) is 13.0 Å². The molecule has 1 heterocycles. The predicted molar refractivity (Wildman–Crippen MR) is 123 cm³/mol. The number of halogens is 2. The van der Waals surface area contributed by atoms with Crippen LogP contribution in [0.1, 0.15) is 17.0 Å². The molecule has 0 fully saturated rings. The van der Waals surface area contributed by atoms with E-state index < -0.39 is 0 Å². The van der Waals surface area contributed by atoms with Crippen LogP contribution in [0.15, 0.2) is 66.7 Å². The Labute approximate surface area is 191 Å². The largest absolute Gasteiger partial charge is 0.497 e. The van der Waals surface area contributed by atoms with E-state index in [1.165, 1.54) is 0 Å². The lowest BCUT2D eigenvalue weighted by atomic mass is 10.1. The molecule has 0 unspecified atom stereocenters. The van der Waals surface area contributed by atoms with Gasteiger partial charge in [-0.15, -0.1) is 10.2 Å². The second kappa shape index (κ2) is 9.41. The van der Waals surface area contributed by atoms with Crippen LogP contribution >= 0.6 is 23.2 Å². The van der Waals surface area contributed by atoms with Gasteiger partial charge in [0.2, 0.25) is 0 Å². The van der Waals surface area contributed by atoms with Crippen molar-refractivity contribution in [3.8, 4) is 22.9 Å². The fourth-order valence-corrected chi connectivity index (χ4v) is 3.71. The quantitative estimate of drug-likeness (QED) is 0.349. The van der Waals surface area contributed by atoms with Gasteiger partial charge >= 0.3 is 0 Å². The molecule has 0 aliphatic carbocycles. The van der Waals surface area contributed by atoms with E-state index in [1.54, 1.807) is 20.3 Å². The van der Waals surface area contributed by atoms with Crippen LogP contribution in [0.5, 0.6) is 11.5 Å². The van der Waals surface area contributed by atoms with Gasteiger partial charge in [-0.3, -0.25) is 0 Å². The molecule has 0 atom stereocenters. The summed E-state index contributed by atoms with van der Waals surface area (Å²) in [6, 6.07) is 21.4. The number of hydrogen-bond donors (Lipinski definition) is 0. The third-order valence-corrected chi connectivity index (χ3v) is 5.77. The van der Waals surface area contributed by atoms with Crippen LogP contribution in [-0.2, 0) is 13.0 Å². The third-order valence-electron chi connectivity index (χ3n) is 5.03. The Morgan fingerprint density at radius 3 is 2.35 bits per heavy atom. The average molecular weight is 454 g/mol. The maximum atomic E-state index is 6.27. The molecule has 0 radical (unpaired) electrons. The summed E-state index contributed by atoms with van der Waals surface area (Å²) < 4.78 is 13.0. The van der Waals surface area contributed by atoms with Crippen LogP contribution in [0.3, 0.4) is 0 Å². The van der Waals surface area contributed by atoms with Crippen molar-refractivity contribution in [3.05, 3.63) is 93.7 Å². The molecule has 0 bridgehead atoms. The van der Waals surface area contributed by atoms with Crippen LogP contribution in [0.4, 0.5) is 0 Å². The Morgan fingerprint density at radius 1 is 0.839 bits per heavy atom. The molecule has 31 heavy (non-hydrogen) atoms. The standard InChI is InChI=1S/C24H21Cl2N3O2/c1-30-19-10-8-18(22(14-19)31-2)15-29-23(12-16-6-4-3-5-7-16)27-28-24(29)17-9-11-20(25)21(26)13-17/h3-11,13-14H,12,15H2,1-2H3. The summed E-state index contributed by atoms with van der Waals surface area (Å²) in [5.74, 6) is 3.02. The molecule has 5 nitrogen and oxygen atoms in total. The first-order valence-electron chi connectivity index (χ1n) is 9.71. The molecule has 0 amide bonds. The van der Waals surface area contributed by atoms with Crippen LogP contribution in [0, 0.1) is 0 Å². The van der Waals surface area contributed by atoms with E-state index in [1.807, 2.05) is 48.5 Å². The van der Waals surface area contributed by atoms with Crippen LogP contribution < -0.4 is 9.47 Å². The summed E-state index contributed by atoms with van der Waals surface area (Å²) in [5.41, 5.74) is 2.98. The molecule has 0 aliphatic heterocycles. The van der Waals surface area contributed by atoms with Gasteiger partial charge in [-0.05, 0) is 35.9 Å². The maximum Gasteiger partial charge on any atom is 0.164 e. The van der Waals surface area contributed by atoms with E-state index in [0.29, 0.717) is 28.8 Å². The topological polar surface area (TPSA) is 49.2 Å². The summed E-state index contributed by atoms with van der Waals surface area (Å²) in [6.45, 7) is 0.526. The van der Waals surface area contributed by atoms with E-state index in [0.717, 1.165) is 34.0 Å². The van der Waals surface area contributed by atoms with E-state index in [-0.39, 0.29) is 0 Å². The van der Waals surface area contributed by atoms with Gasteiger partial charge in [0.1, 0.15) is 17.3 Å². The Hall–Kier alpha value is -3.02. The lowest BCUT2D eigenvalue weighted by molar-refractivity contribution is 0.390. The van der Waals surface area contributed by atoms with Gasteiger partial charge in [-0.25, -0.2) is 0 Å². The van der Waals surface area contributed by atoms with Crippen molar-refractivity contribution in [2.75, 3.05) is 14.2 Å². The molecule has 4 rings (SSSR count). The number of aromatic nitrogens is 3. The number of rotatable bonds is 7. The molecule has 0 N–H and O–H groups in total. The van der Waals surface area contributed by atoms with Gasteiger partial charge in [-0.1, -0.05) is 53.5 Å². The number of ether oxygens (including phenoxy) is 2. The van der Waals surface area contributed by atoms with Gasteiger partial charge in [0.25, 0.3) is 0 Å². The zero-order valence-electron chi connectivity index (χ0n) is 17.2. The first-order chi connectivity index (χ1) is 15.1. The lowest BCUT2D eigenvalue weighted by Crippen LogP contribution is -2.09. The van der Waals surface area contributed by atoms with Crippen LogP contribution in [0.2, 0.25) is 10.0 Å². The van der Waals surface area contributed by atoms with Gasteiger partial charge < -0.3 is 14.0 Å². The minimum atomic E-state index is 0.473. The zero-order chi connectivity index (χ0) is 21.8. The normalized spacial score (nSPS) is 10.8. The minimum absolute atomic E-state index is 0.473. The van der Waals surface area contributed by atoms with E-state index in [2.05, 4.69) is 26.9 Å². The van der Waals surface area contributed by atoms with Crippen molar-refractivity contribution in [1.29, 1.82) is 0 Å². The summed E-state index contributed by atoms with van der Waals surface area (Å²) >= 11 is 12.4. The van der Waals surface area contributed by atoms with Crippen molar-refractivity contribution >= 4 is 23.2 Å². The molecule has 7 heteroatoms. The van der Waals surface area contributed by atoms with Crippen molar-refractivity contribution in [3.63, 3.8) is 0 Å². The molecule has 3 aromatic carbocycles. The molecule has 0 saturated heterocycles. The average Bonchev–Trinajstić information content (AvgIpc) is 3.18. The number of hydrogen-bond acceptors (Lipinski definition) is 4. The molecule has 0 saturated carbocycles. The van der Waals surface area contributed by atoms with Crippen molar-refractivity contribution in [1.82, 2.24) is 14.8 Å². The molecule has 158 valence electrons. The zero-order valence-corrected chi connectivity index (χ0v) is 18.7. The highest BCUT2D eigenvalue weighted by molar-refractivity contribution is 6.42. The smallest absolute Gasteiger partial charge is 0.164 e. The second-order valence-corrected chi connectivity index (χ2v) is 7.81. The van der Waals surface area contributed by atoms with E-state index in [4.69, 9.17) is 32.7 Å². The molecule has 0 spiro atoms. The third kappa shape index (κ3) is 4.68. The van der Waals surface area contributed by atoms with Gasteiger partial charge in [-0.2, -0.15) is 0 Å². The molecular weight excluding hydrogens is 433 g/mol. The van der Waals surface area contributed by atoms with E-state index in [9.17, 15) is 0 Å². The van der Waals surface area contributed by atoms with E-state index >= 15 is 0 Å².